The maximum atomic E-state index is 4.49. The Kier molecular flexibility index (Phi) is 37.9. The minimum absolute atomic E-state index is 1.25. The van der Waals surface area contributed by atoms with E-state index in [2.05, 4.69) is 41.6 Å². The van der Waals surface area contributed by atoms with Gasteiger partial charge in [0.05, 0.1) is 0 Å². The van der Waals surface area contributed by atoms with Gasteiger partial charge in [-0.2, -0.15) is 0 Å². The normalized spacial score (nSPS) is 5.00. The first-order valence-corrected chi connectivity index (χ1v) is 3.54. The van der Waals surface area contributed by atoms with Gasteiger partial charge >= 0.3 is 27.7 Å². The van der Waals surface area contributed by atoms with Crippen LogP contribution in [0.2, 0.25) is 0 Å². The van der Waals surface area contributed by atoms with Crippen molar-refractivity contribution in [1.29, 1.82) is 0 Å². The Morgan fingerprint density at radius 2 is 1.40 bits per heavy atom. The maximum absolute atomic E-state index is 4.49. The van der Waals surface area contributed by atoms with Gasteiger partial charge in [0.1, 0.15) is 0 Å². The van der Waals surface area contributed by atoms with Crippen molar-refractivity contribution in [3.8, 4) is 0 Å². The van der Waals surface area contributed by atoms with Gasteiger partial charge in [-0.15, -0.1) is 0 Å². The van der Waals surface area contributed by atoms with Crippen LogP contribution in [0.15, 0.2) is 0 Å². The third kappa shape index (κ3) is 47.6. The van der Waals surface area contributed by atoms with Gasteiger partial charge in [-0.05, 0) is 0 Å². The first-order valence-electron chi connectivity index (χ1n) is 1.53. The third-order valence-electron chi connectivity index (χ3n) is 0. The number of hydrogen-bond acceptors (Lipinski definition) is 0. The van der Waals surface area contributed by atoms with Crippen LogP contribution >= 0.6 is 9.53 Å². The predicted molar refractivity (Wildman–Crippen MR) is 21.8 cm³/mol. The van der Waals surface area contributed by atoms with Crippen molar-refractivity contribution in [3.05, 3.63) is 0 Å². The molecule has 5 heavy (non-hydrogen) atoms. The molecular formula is C3H8ClPd. The van der Waals surface area contributed by atoms with Crippen molar-refractivity contribution in [2.45, 2.75) is 20.3 Å². The van der Waals surface area contributed by atoms with E-state index in [9.17, 15) is 0 Å². The van der Waals surface area contributed by atoms with Crippen molar-refractivity contribution in [2.24, 2.45) is 0 Å². The van der Waals surface area contributed by atoms with Gasteiger partial charge in [-0.3, -0.25) is 0 Å². The summed E-state index contributed by atoms with van der Waals surface area (Å²) in [4.78, 5) is 0. The average Bonchev–Trinajstić information content (AvgIpc) is 1.46. The summed E-state index contributed by atoms with van der Waals surface area (Å²) in [6.45, 7) is 4.25. The Hall–Kier alpha value is 0.952. The summed E-state index contributed by atoms with van der Waals surface area (Å²) in [5, 5.41) is 0. The minimum atomic E-state index is 1.25. The monoisotopic (exact) mass is 185 g/mol. The Morgan fingerprint density at radius 3 is 1.40 bits per heavy atom. The Bertz CT molecular complexity index is 6.85. The second-order valence-corrected chi connectivity index (χ2v) is 0.707. The molecular weight excluding hydrogens is 178 g/mol. The molecule has 0 unspecified atom stereocenters. The molecule has 0 saturated heterocycles. The van der Waals surface area contributed by atoms with Gasteiger partial charge in [-0.25, -0.2) is 0 Å². The van der Waals surface area contributed by atoms with Gasteiger partial charge < -0.3 is 0 Å². The van der Waals surface area contributed by atoms with E-state index in [0.29, 0.717) is 0 Å². The molecule has 0 N–H and O–H groups in total. The van der Waals surface area contributed by atoms with Crippen LogP contribution in [0.3, 0.4) is 0 Å². The van der Waals surface area contributed by atoms with Crippen molar-refractivity contribution in [2.75, 3.05) is 0 Å². The van der Waals surface area contributed by atoms with Gasteiger partial charge in [0.15, 0.2) is 0 Å². The van der Waals surface area contributed by atoms with Crippen LogP contribution in [-0.2, 0) is 18.2 Å². The van der Waals surface area contributed by atoms with E-state index in [1.807, 2.05) is 0 Å². The van der Waals surface area contributed by atoms with Crippen LogP contribution in [0.4, 0.5) is 0 Å². The molecule has 0 bridgehead atoms. The van der Waals surface area contributed by atoms with Crippen LogP contribution in [0.5, 0.6) is 0 Å². The first-order chi connectivity index (χ1) is 2.41. The molecule has 0 nitrogen and oxygen atoms in total. The van der Waals surface area contributed by atoms with Crippen molar-refractivity contribution in [3.63, 3.8) is 0 Å². The summed E-state index contributed by atoms with van der Waals surface area (Å²) in [6.07, 6.45) is 1.25. The molecule has 0 aromatic heterocycles. The second-order valence-electron chi connectivity index (χ2n) is 0.707. The van der Waals surface area contributed by atoms with E-state index in [4.69, 9.17) is 0 Å². The summed E-state index contributed by atoms with van der Waals surface area (Å²) in [6, 6.07) is 0. The van der Waals surface area contributed by atoms with Crippen LogP contribution < -0.4 is 0 Å². The fourth-order valence-corrected chi connectivity index (χ4v) is 0. The standard InChI is InChI=1S/C3H8.ClH.Pd/c1-3-2;;/h3H2,1-2H3;1H;/q;;+1/p-1. The van der Waals surface area contributed by atoms with Crippen LogP contribution in [0, 0.1) is 0 Å². The zero-order chi connectivity index (χ0) is 4.71. The summed E-state index contributed by atoms with van der Waals surface area (Å²) < 4.78 is 0. The number of rotatable bonds is 0. The quantitative estimate of drug-likeness (QED) is 0.508. The summed E-state index contributed by atoms with van der Waals surface area (Å²) in [7, 11) is 4.49. The van der Waals surface area contributed by atoms with Crippen LogP contribution in [0.25, 0.3) is 0 Å². The topological polar surface area (TPSA) is 0 Å². The van der Waals surface area contributed by atoms with E-state index in [0.717, 1.165) is 0 Å². The number of hydrogen-bond donors (Lipinski definition) is 0. The van der Waals surface area contributed by atoms with Crippen molar-refractivity contribution in [1.82, 2.24) is 0 Å². The van der Waals surface area contributed by atoms with Crippen molar-refractivity contribution >= 4 is 9.53 Å². The molecule has 0 radical (unpaired) electrons. The molecule has 0 aliphatic rings. The van der Waals surface area contributed by atoms with Crippen LogP contribution in [-0.4, -0.2) is 0 Å². The van der Waals surface area contributed by atoms with E-state index in [1.54, 1.807) is 0 Å². The molecule has 37 valence electrons. The van der Waals surface area contributed by atoms with Crippen LogP contribution in [0.1, 0.15) is 20.3 Å². The Labute approximate surface area is 48.3 Å². The third-order valence-corrected chi connectivity index (χ3v) is 0. The summed E-state index contributed by atoms with van der Waals surface area (Å²) >= 11 is 2.22. The van der Waals surface area contributed by atoms with Gasteiger partial charge in [0.2, 0.25) is 0 Å². The molecule has 0 atom stereocenters. The Balaban J connectivity index is 0. The van der Waals surface area contributed by atoms with Gasteiger partial charge in [0, 0.05) is 0 Å². The van der Waals surface area contributed by atoms with E-state index in [1.165, 1.54) is 6.42 Å². The molecule has 0 heterocycles. The Morgan fingerprint density at radius 1 is 1.40 bits per heavy atom. The zero-order valence-corrected chi connectivity index (χ0v) is 5.71. The molecule has 0 aliphatic carbocycles. The molecule has 0 saturated carbocycles. The number of halogens is 1. The predicted octanol–water partition coefficient (Wildman–Crippen LogP) is 2.10. The molecule has 0 aromatic rings. The fourth-order valence-electron chi connectivity index (χ4n) is 0. The molecule has 0 rings (SSSR count). The fraction of sp³-hybridized carbons (Fsp3) is 1.00. The molecule has 0 spiro atoms. The molecule has 2 heteroatoms. The molecule has 0 amide bonds. The summed E-state index contributed by atoms with van der Waals surface area (Å²) in [5.41, 5.74) is 0. The van der Waals surface area contributed by atoms with Gasteiger partial charge in [0.25, 0.3) is 0 Å². The van der Waals surface area contributed by atoms with E-state index < -0.39 is 0 Å². The SMILES string of the molecule is CCC.[Cl][Pd]. The average molecular weight is 186 g/mol. The first kappa shape index (κ1) is 9.35. The molecule has 0 aromatic carbocycles. The van der Waals surface area contributed by atoms with E-state index >= 15 is 0 Å². The van der Waals surface area contributed by atoms with Crippen molar-refractivity contribution < 1.29 is 18.2 Å². The zero-order valence-electron chi connectivity index (χ0n) is 3.40. The molecule has 0 fully saturated rings. The van der Waals surface area contributed by atoms with E-state index in [-0.39, 0.29) is 0 Å². The summed E-state index contributed by atoms with van der Waals surface area (Å²) in [5.74, 6) is 0. The van der Waals surface area contributed by atoms with Gasteiger partial charge in [-0.1, -0.05) is 20.3 Å². The molecule has 0 aliphatic heterocycles. The second kappa shape index (κ2) is 20.3.